The van der Waals surface area contributed by atoms with Crippen molar-refractivity contribution in [3.63, 3.8) is 0 Å². The molecule has 0 bridgehead atoms. The van der Waals surface area contributed by atoms with E-state index in [0.29, 0.717) is 11.8 Å². The highest BCUT2D eigenvalue weighted by Crippen LogP contribution is 2.36. The molecule has 76 valence electrons. The number of ether oxygens (including phenoxy) is 1. The standard InChI is InChI=1S/C10H18O3/c1-7(2)5-9(8-3-4-8)13-6-10(11)12/h7-9H,3-6H2,1-2H3,(H,11,12). The summed E-state index contributed by atoms with van der Waals surface area (Å²) in [5.74, 6) is 0.343. The van der Waals surface area contributed by atoms with E-state index in [4.69, 9.17) is 9.84 Å². The minimum atomic E-state index is -0.866. The second-order valence-corrected chi connectivity index (χ2v) is 4.21. The first-order valence-electron chi connectivity index (χ1n) is 4.93. The SMILES string of the molecule is CC(C)CC(OCC(=O)O)C1CC1. The molecule has 1 unspecified atom stereocenters. The van der Waals surface area contributed by atoms with E-state index in [0.717, 1.165) is 6.42 Å². The van der Waals surface area contributed by atoms with Crippen molar-refractivity contribution in [2.75, 3.05) is 6.61 Å². The van der Waals surface area contributed by atoms with Gasteiger partial charge in [0.05, 0.1) is 6.10 Å². The lowest BCUT2D eigenvalue weighted by molar-refractivity contribution is -0.145. The van der Waals surface area contributed by atoms with Gasteiger partial charge >= 0.3 is 5.97 Å². The summed E-state index contributed by atoms with van der Waals surface area (Å²) in [5, 5.41) is 8.47. The maximum atomic E-state index is 10.3. The normalized spacial score (nSPS) is 19.0. The molecule has 0 aromatic rings. The summed E-state index contributed by atoms with van der Waals surface area (Å²) in [7, 11) is 0. The Morgan fingerprint density at radius 2 is 2.15 bits per heavy atom. The molecule has 1 aliphatic rings. The summed E-state index contributed by atoms with van der Waals surface area (Å²) in [5.41, 5.74) is 0. The summed E-state index contributed by atoms with van der Waals surface area (Å²) in [6.45, 7) is 4.13. The summed E-state index contributed by atoms with van der Waals surface area (Å²) in [6, 6.07) is 0. The number of hydrogen-bond acceptors (Lipinski definition) is 2. The van der Waals surface area contributed by atoms with Crippen LogP contribution in [0, 0.1) is 11.8 Å². The number of aliphatic carboxylic acids is 1. The fourth-order valence-corrected chi connectivity index (χ4v) is 1.51. The number of carbonyl (C=O) groups is 1. The summed E-state index contributed by atoms with van der Waals surface area (Å²) in [4.78, 5) is 10.3. The molecule has 0 radical (unpaired) electrons. The van der Waals surface area contributed by atoms with E-state index in [1.54, 1.807) is 0 Å². The second kappa shape index (κ2) is 4.61. The molecule has 0 amide bonds. The van der Waals surface area contributed by atoms with E-state index in [9.17, 15) is 4.79 Å². The molecule has 1 N–H and O–H groups in total. The third kappa shape index (κ3) is 4.27. The van der Waals surface area contributed by atoms with E-state index in [2.05, 4.69) is 13.8 Å². The number of carboxylic acids is 1. The van der Waals surface area contributed by atoms with Crippen LogP contribution in [0.2, 0.25) is 0 Å². The third-order valence-corrected chi connectivity index (χ3v) is 2.27. The van der Waals surface area contributed by atoms with Crippen LogP contribution in [0.15, 0.2) is 0 Å². The largest absolute Gasteiger partial charge is 0.480 e. The van der Waals surface area contributed by atoms with E-state index in [1.807, 2.05) is 0 Å². The van der Waals surface area contributed by atoms with Gasteiger partial charge in [0.25, 0.3) is 0 Å². The zero-order valence-electron chi connectivity index (χ0n) is 8.32. The van der Waals surface area contributed by atoms with Gasteiger partial charge < -0.3 is 9.84 Å². The van der Waals surface area contributed by atoms with Crippen molar-refractivity contribution in [1.29, 1.82) is 0 Å². The lowest BCUT2D eigenvalue weighted by Gasteiger charge is -2.17. The van der Waals surface area contributed by atoms with Crippen LogP contribution in [0.5, 0.6) is 0 Å². The van der Waals surface area contributed by atoms with E-state index < -0.39 is 5.97 Å². The number of hydrogen-bond donors (Lipinski definition) is 1. The molecule has 3 heteroatoms. The minimum absolute atomic E-state index is 0.145. The first-order chi connectivity index (χ1) is 6.09. The Kier molecular flexibility index (Phi) is 3.72. The van der Waals surface area contributed by atoms with Crippen LogP contribution in [0.25, 0.3) is 0 Å². The molecule has 1 rings (SSSR count). The highest BCUT2D eigenvalue weighted by molar-refractivity contribution is 5.68. The van der Waals surface area contributed by atoms with Gasteiger partial charge in [-0.3, -0.25) is 0 Å². The number of carboxylic acid groups (broad SMARTS) is 1. The molecular formula is C10H18O3. The molecule has 0 heterocycles. The molecule has 0 spiro atoms. The predicted molar refractivity (Wildman–Crippen MR) is 49.6 cm³/mol. The lowest BCUT2D eigenvalue weighted by Crippen LogP contribution is -2.21. The Balaban J connectivity index is 2.25. The molecule has 1 atom stereocenters. The van der Waals surface area contributed by atoms with Crippen LogP contribution in [0.1, 0.15) is 33.1 Å². The van der Waals surface area contributed by atoms with Crippen LogP contribution in [-0.2, 0) is 9.53 Å². The van der Waals surface area contributed by atoms with E-state index >= 15 is 0 Å². The van der Waals surface area contributed by atoms with Gasteiger partial charge in [0, 0.05) is 0 Å². The maximum Gasteiger partial charge on any atom is 0.329 e. The molecule has 0 aromatic carbocycles. The van der Waals surface area contributed by atoms with Crippen LogP contribution >= 0.6 is 0 Å². The van der Waals surface area contributed by atoms with Gasteiger partial charge in [-0.1, -0.05) is 13.8 Å². The Labute approximate surface area is 79.1 Å². The van der Waals surface area contributed by atoms with Crippen molar-refractivity contribution >= 4 is 5.97 Å². The molecular weight excluding hydrogens is 168 g/mol. The highest BCUT2D eigenvalue weighted by Gasteiger charge is 2.32. The van der Waals surface area contributed by atoms with Crippen molar-refractivity contribution < 1.29 is 14.6 Å². The van der Waals surface area contributed by atoms with Crippen LogP contribution in [-0.4, -0.2) is 23.8 Å². The van der Waals surface area contributed by atoms with Crippen LogP contribution in [0.3, 0.4) is 0 Å². The fraction of sp³-hybridized carbons (Fsp3) is 0.900. The van der Waals surface area contributed by atoms with Gasteiger partial charge in [0.1, 0.15) is 6.61 Å². The quantitative estimate of drug-likeness (QED) is 0.689. The topological polar surface area (TPSA) is 46.5 Å². The average Bonchev–Trinajstić information content (AvgIpc) is 2.78. The number of rotatable bonds is 6. The Morgan fingerprint density at radius 1 is 1.54 bits per heavy atom. The molecule has 0 aliphatic heterocycles. The summed E-state index contributed by atoms with van der Waals surface area (Å²) < 4.78 is 5.34. The smallest absolute Gasteiger partial charge is 0.329 e. The van der Waals surface area contributed by atoms with Crippen molar-refractivity contribution in [1.82, 2.24) is 0 Å². The molecule has 13 heavy (non-hydrogen) atoms. The Bertz CT molecular complexity index is 173. The monoisotopic (exact) mass is 186 g/mol. The van der Waals surface area contributed by atoms with Gasteiger partial charge in [-0.05, 0) is 31.1 Å². The lowest BCUT2D eigenvalue weighted by atomic mass is 10.0. The van der Waals surface area contributed by atoms with Crippen molar-refractivity contribution in [2.45, 2.75) is 39.2 Å². The first-order valence-corrected chi connectivity index (χ1v) is 4.93. The second-order valence-electron chi connectivity index (χ2n) is 4.21. The van der Waals surface area contributed by atoms with Crippen LogP contribution < -0.4 is 0 Å². The average molecular weight is 186 g/mol. The van der Waals surface area contributed by atoms with E-state index in [-0.39, 0.29) is 12.7 Å². The van der Waals surface area contributed by atoms with E-state index in [1.165, 1.54) is 12.8 Å². The van der Waals surface area contributed by atoms with Gasteiger partial charge in [0.15, 0.2) is 0 Å². The zero-order valence-corrected chi connectivity index (χ0v) is 8.32. The van der Waals surface area contributed by atoms with Crippen molar-refractivity contribution in [3.05, 3.63) is 0 Å². The van der Waals surface area contributed by atoms with Gasteiger partial charge in [-0.25, -0.2) is 4.79 Å². The molecule has 1 aliphatic carbocycles. The molecule has 3 nitrogen and oxygen atoms in total. The van der Waals surface area contributed by atoms with Crippen LogP contribution in [0.4, 0.5) is 0 Å². The summed E-state index contributed by atoms with van der Waals surface area (Å²) >= 11 is 0. The fourth-order valence-electron chi connectivity index (χ4n) is 1.51. The molecule has 0 aromatic heterocycles. The Hall–Kier alpha value is -0.570. The Morgan fingerprint density at radius 3 is 2.54 bits per heavy atom. The maximum absolute atomic E-state index is 10.3. The first kappa shape index (κ1) is 10.5. The van der Waals surface area contributed by atoms with Gasteiger partial charge in [-0.15, -0.1) is 0 Å². The minimum Gasteiger partial charge on any atom is -0.480 e. The van der Waals surface area contributed by atoms with Crippen molar-refractivity contribution in [3.8, 4) is 0 Å². The predicted octanol–water partition coefficient (Wildman–Crippen LogP) is 1.91. The highest BCUT2D eigenvalue weighted by atomic mass is 16.5. The molecule has 0 saturated heterocycles. The molecule has 1 fully saturated rings. The third-order valence-electron chi connectivity index (χ3n) is 2.27. The summed E-state index contributed by atoms with van der Waals surface area (Å²) in [6.07, 6.45) is 3.57. The zero-order chi connectivity index (χ0) is 9.84. The van der Waals surface area contributed by atoms with Gasteiger partial charge in [-0.2, -0.15) is 0 Å². The van der Waals surface area contributed by atoms with Crippen molar-refractivity contribution in [2.24, 2.45) is 11.8 Å². The van der Waals surface area contributed by atoms with Gasteiger partial charge in [0.2, 0.25) is 0 Å². The molecule has 1 saturated carbocycles.